The van der Waals surface area contributed by atoms with E-state index in [1.807, 2.05) is 19.2 Å². The van der Waals surface area contributed by atoms with Gasteiger partial charge in [0.2, 0.25) is 0 Å². The van der Waals surface area contributed by atoms with Crippen molar-refractivity contribution >= 4 is 5.78 Å². The molecular formula is C13H18N2O. The van der Waals surface area contributed by atoms with Gasteiger partial charge in [0, 0.05) is 44.4 Å². The van der Waals surface area contributed by atoms with Gasteiger partial charge in [-0.25, -0.2) is 0 Å². The van der Waals surface area contributed by atoms with Crippen molar-refractivity contribution in [1.82, 2.24) is 9.88 Å². The Morgan fingerprint density at radius 1 is 1.56 bits per heavy atom. The first-order valence-corrected chi connectivity index (χ1v) is 5.89. The Morgan fingerprint density at radius 2 is 2.44 bits per heavy atom. The average Bonchev–Trinajstić information content (AvgIpc) is 2.32. The first kappa shape index (κ1) is 11.3. The van der Waals surface area contributed by atoms with Crippen LogP contribution in [0.4, 0.5) is 0 Å². The number of nitrogens with zero attached hydrogens (tertiary/aromatic N) is 2. The minimum absolute atomic E-state index is 0.211. The molecule has 0 aliphatic carbocycles. The van der Waals surface area contributed by atoms with Gasteiger partial charge in [0.25, 0.3) is 0 Å². The van der Waals surface area contributed by atoms with Gasteiger partial charge in [0.1, 0.15) is 5.78 Å². The normalized spacial score (nSPS) is 22.3. The molecule has 1 aliphatic heterocycles. The molecule has 1 aliphatic rings. The van der Waals surface area contributed by atoms with E-state index in [2.05, 4.69) is 16.0 Å². The van der Waals surface area contributed by atoms with E-state index in [0.717, 1.165) is 26.1 Å². The number of pyridine rings is 1. The summed E-state index contributed by atoms with van der Waals surface area (Å²) < 4.78 is 0. The lowest BCUT2D eigenvalue weighted by molar-refractivity contribution is -0.125. The highest BCUT2D eigenvalue weighted by Crippen LogP contribution is 2.12. The summed E-state index contributed by atoms with van der Waals surface area (Å²) in [6, 6.07) is 4.07. The topological polar surface area (TPSA) is 33.2 Å². The van der Waals surface area contributed by atoms with Crippen LogP contribution in [0.2, 0.25) is 0 Å². The molecule has 0 radical (unpaired) electrons. The number of rotatable bonds is 3. The molecule has 16 heavy (non-hydrogen) atoms. The Labute approximate surface area is 96.5 Å². The summed E-state index contributed by atoms with van der Waals surface area (Å²) in [5.41, 5.74) is 1.27. The molecule has 3 nitrogen and oxygen atoms in total. The van der Waals surface area contributed by atoms with Crippen LogP contribution in [-0.4, -0.2) is 35.3 Å². The van der Waals surface area contributed by atoms with Gasteiger partial charge in [-0.1, -0.05) is 13.0 Å². The van der Waals surface area contributed by atoms with Gasteiger partial charge in [-0.05, 0) is 18.1 Å². The number of likely N-dealkylation sites (tertiary alicyclic amines) is 1. The highest BCUT2D eigenvalue weighted by atomic mass is 16.1. The van der Waals surface area contributed by atoms with Crippen LogP contribution in [0.15, 0.2) is 24.5 Å². The summed E-state index contributed by atoms with van der Waals surface area (Å²) in [7, 11) is 0. The van der Waals surface area contributed by atoms with E-state index in [9.17, 15) is 4.79 Å². The molecule has 2 rings (SSSR count). The zero-order chi connectivity index (χ0) is 11.4. The summed E-state index contributed by atoms with van der Waals surface area (Å²) in [4.78, 5) is 17.9. The van der Waals surface area contributed by atoms with Crippen molar-refractivity contribution in [1.29, 1.82) is 0 Å². The summed E-state index contributed by atoms with van der Waals surface area (Å²) >= 11 is 0. The molecule has 1 unspecified atom stereocenters. The van der Waals surface area contributed by atoms with E-state index in [4.69, 9.17) is 0 Å². The maximum absolute atomic E-state index is 11.4. The van der Waals surface area contributed by atoms with E-state index >= 15 is 0 Å². The van der Waals surface area contributed by atoms with Crippen LogP contribution in [0.3, 0.4) is 0 Å². The minimum atomic E-state index is 0.211. The number of hydrogen-bond acceptors (Lipinski definition) is 3. The van der Waals surface area contributed by atoms with Crippen LogP contribution in [0.1, 0.15) is 18.9 Å². The maximum Gasteiger partial charge on any atom is 0.138 e. The number of piperidine rings is 1. The van der Waals surface area contributed by atoms with Crippen LogP contribution in [-0.2, 0) is 11.2 Å². The van der Waals surface area contributed by atoms with E-state index < -0.39 is 0 Å². The number of aromatic nitrogens is 1. The first-order valence-electron chi connectivity index (χ1n) is 5.89. The lowest BCUT2D eigenvalue weighted by Crippen LogP contribution is -2.40. The molecule has 0 N–H and O–H groups in total. The Morgan fingerprint density at radius 3 is 3.12 bits per heavy atom. The summed E-state index contributed by atoms with van der Waals surface area (Å²) in [5.74, 6) is 0.625. The highest BCUT2D eigenvalue weighted by Gasteiger charge is 2.22. The minimum Gasteiger partial charge on any atom is -0.302 e. The number of carbonyl (C=O) groups excluding carboxylic acids is 1. The molecule has 1 fully saturated rings. The van der Waals surface area contributed by atoms with E-state index in [1.54, 1.807) is 6.20 Å². The molecule has 0 spiro atoms. The summed E-state index contributed by atoms with van der Waals surface area (Å²) in [6.07, 6.45) is 5.45. The van der Waals surface area contributed by atoms with Gasteiger partial charge in [0.15, 0.2) is 0 Å². The van der Waals surface area contributed by atoms with Crippen molar-refractivity contribution in [2.45, 2.75) is 19.8 Å². The third kappa shape index (κ3) is 2.89. The molecule has 0 saturated carbocycles. The van der Waals surface area contributed by atoms with Crippen LogP contribution in [0.5, 0.6) is 0 Å². The van der Waals surface area contributed by atoms with Gasteiger partial charge in [-0.15, -0.1) is 0 Å². The number of hydrogen-bond donors (Lipinski definition) is 0. The fraction of sp³-hybridized carbons (Fsp3) is 0.538. The Bertz CT molecular complexity index is 350. The van der Waals surface area contributed by atoms with Crippen molar-refractivity contribution in [2.24, 2.45) is 5.92 Å². The molecule has 1 atom stereocenters. The summed E-state index contributed by atoms with van der Waals surface area (Å²) in [6.45, 7) is 4.89. The molecule has 0 amide bonds. The highest BCUT2D eigenvalue weighted by molar-refractivity contribution is 5.81. The van der Waals surface area contributed by atoms with Gasteiger partial charge < -0.3 is 4.90 Å². The monoisotopic (exact) mass is 218 g/mol. The smallest absolute Gasteiger partial charge is 0.138 e. The third-order valence-electron chi connectivity index (χ3n) is 3.20. The second-order valence-corrected chi connectivity index (χ2v) is 4.53. The molecule has 3 heteroatoms. The van der Waals surface area contributed by atoms with E-state index in [1.165, 1.54) is 5.56 Å². The molecule has 0 bridgehead atoms. The maximum atomic E-state index is 11.4. The number of ketones is 1. The molecule has 86 valence electrons. The predicted octanol–water partition coefficient (Wildman–Crippen LogP) is 1.53. The van der Waals surface area contributed by atoms with Gasteiger partial charge >= 0.3 is 0 Å². The van der Waals surface area contributed by atoms with Crippen LogP contribution in [0, 0.1) is 5.92 Å². The van der Waals surface area contributed by atoms with Gasteiger partial charge in [-0.3, -0.25) is 9.78 Å². The fourth-order valence-corrected chi connectivity index (χ4v) is 2.13. The largest absolute Gasteiger partial charge is 0.302 e. The molecular weight excluding hydrogens is 200 g/mol. The Kier molecular flexibility index (Phi) is 3.67. The average molecular weight is 218 g/mol. The van der Waals surface area contributed by atoms with Crippen LogP contribution >= 0.6 is 0 Å². The summed E-state index contributed by atoms with van der Waals surface area (Å²) in [5, 5.41) is 0. The quantitative estimate of drug-likeness (QED) is 0.771. The van der Waals surface area contributed by atoms with Crippen molar-refractivity contribution in [2.75, 3.05) is 19.6 Å². The molecule has 2 heterocycles. The van der Waals surface area contributed by atoms with Gasteiger partial charge in [0.05, 0.1) is 0 Å². The van der Waals surface area contributed by atoms with Crippen molar-refractivity contribution in [3.63, 3.8) is 0 Å². The lowest BCUT2D eigenvalue weighted by Gasteiger charge is -2.29. The van der Waals surface area contributed by atoms with Crippen molar-refractivity contribution in [3.05, 3.63) is 30.1 Å². The van der Waals surface area contributed by atoms with Crippen molar-refractivity contribution in [3.8, 4) is 0 Å². The van der Waals surface area contributed by atoms with E-state index in [0.29, 0.717) is 12.2 Å². The van der Waals surface area contributed by atoms with Crippen LogP contribution < -0.4 is 0 Å². The molecule has 1 saturated heterocycles. The first-order chi connectivity index (χ1) is 7.75. The SMILES string of the molecule is CC1CN(CCc2cccnc2)CCC1=O. The second kappa shape index (κ2) is 5.21. The lowest BCUT2D eigenvalue weighted by atomic mass is 9.98. The Hall–Kier alpha value is -1.22. The standard InChI is InChI=1S/C13H18N2O/c1-11-10-15(8-5-13(11)16)7-4-12-3-2-6-14-9-12/h2-3,6,9,11H,4-5,7-8,10H2,1H3. The second-order valence-electron chi connectivity index (χ2n) is 4.53. The third-order valence-corrected chi connectivity index (χ3v) is 3.20. The predicted molar refractivity (Wildman–Crippen MR) is 63.2 cm³/mol. The zero-order valence-corrected chi connectivity index (χ0v) is 9.72. The van der Waals surface area contributed by atoms with Gasteiger partial charge in [-0.2, -0.15) is 0 Å². The number of Topliss-reactive ketones (excluding diaryl/α,β-unsaturated/α-hetero) is 1. The molecule has 1 aromatic heterocycles. The molecule has 1 aromatic rings. The van der Waals surface area contributed by atoms with Crippen molar-refractivity contribution < 1.29 is 4.79 Å². The van der Waals surface area contributed by atoms with Crippen LogP contribution in [0.25, 0.3) is 0 Å². The number of carbonyl (C=O) groups is 1. The van der Waals surface area contributed by atoms with E-state index in [-0.39, 0.29) is 5.92 Å². The fourth-order valence-electron chi connectivity index (χ4n) is 2.13. The zero-order valence-electron chi connectivity index (χ0n) is 9.72. The molecule has 0 aromatic carbocycles. The Balaban J connectivity index is 1.81.